The molecular formula is C16H20N2O2. The molecular weight excluding hydrogens is 252 g/mol. The Morgan fingerprint density at radius 1 is 1.40 bits per heavy atom. The first-order valence-corrected chi connectivity index (χ1v) is 6.90. The van der Waals surface area contributed by atoms with E-state index in [9.17, 15) is 9.59 Å². The summed E-state index contributed by atoms with van der Waals surface area (Å²) in [6.45, 7) is 6.13. The van der Waals surface area contributed by atoms with Gasteiger partial charge in [0.25, 0.3) is 0 Å². The molecule has 0 unspecified atom stereocenters. The van der Waals surface area contributed by atoms with Crippen molar-refractivity contribution in [2.24, 2.45) is 0 Å². The van der Waals surface area contributed by atoms with Crippen molar-refractivity contribution in [3.63, 3.8) is 0 Å². The summed E-state index contributed by atoms with van der Waals surface area (Å²) in [6, 6.07) is 7.83. The summed E-state index contributed by atoms with van der Waals surface area (Å²) in [7, 11) is 0. The van der Waals surface area contributed by atoms with E-state index in [2.05, 4.69) is 5.32 Å². The fraction of sp³-hybridized carbons (Fsp3) is 0.375. The second kappa shape index (κ2) is 5.90. The summed E-state index contributed by atoms with van der Waals surface area (Å²) in [5, 5.41) is 3.85. The monoisotopic (exact) mass is 272 g/mol. The molecule has 4 nitrogen and oxygen atoms in total. The van der Waals surface area contributed by atoms with E-state index in [1.165, 1.54) is 0 Å². The Bertz CT molecular complexity index is 643. The van der Waals surface area contributed by atoms with Gasteiger partial charge in [-0.25, -0.2) is 0 Å². The van der Waals surface area contributed by atoms with Crippen LogP contribution in [0.3, 0.4) is 0 Å². The van der Waals surface area contributed by atoms with Crippen molar-refractivity contribution in [3.8, 4) is 0 Å². The zero-order valence-electron chi connectivity index (χ0n) is 12.1. The number of aromatic nitrogens is 1. The van der Waals surface area contributed by atoms with Gasteiger partial charge in [0.05, 0.1) is 0 Å². The second-order valence-electron chi connectivity index (χ2n) is 5.10. The molecule has 0 bridgehead atoms. The zero-order valence-corrected chi connectivity index (χ0v) is 12.1. The van der Waals surface area contributed by atoms with E-state index >= 15 is 0 Å². The maximum atomic E-state index is 12.1. The minimum Gasteiger partial charge on any atom is -0.352 e. The Morgan fingerprint density at radius 2 is 2.10 bits per heavy atom. The predicted molar refractivity (Wildman–Crippen MR) is 80.0 cm³/mol. The molecule has 106 valence electrons. The average Bonchev–Trinajstić information content (AvgIpc) is 2.71. The molecule has 0 saturated heterocycles. The molecule has 1 aromatic heterocycles. The summed E-state index contributed by atoms with van der Waals surface area (Å²) >= 11 is 0. The number of amides is 1. The molecule has 1 aromatic carbocycles. The summed E-state index contributed by atoms with van der Waals surface area (Å²) in [5.41, 5.74) is 2.42. The van der Waals surface area contributed by atoms with Gasteiger partial charge in [-0.1, -0.05) is 25.1 Å². The van der Waals surface area contributed by atoms with Crippen molar-refractivity contribution in [3.05, 3.63) is 35.5 Å². The van der Waals surface area contributed by atoms with Gasteiger partial charge in [0.2, 0.25) is 5.91 Å². The van der Waals surface area contributed by atoms with E-state index in [0.717, 1.165) is 29.3 Å². The highest BCUT2D eigenvalue weighted by molar-refractivity contribution is 5.99. The standard InChI is InChI=1S/C16H20N2O2/c1-4-11(2)17-16(20)9-18-12(3)14(10-19)13-7-5-6-8-15(13)18/h5-8,10-11H,4,9H2,1-3H3,(H,17,20)/t11-/m1/s1. The number of hydrogen-bond donors (Lipinski definition) is 1. The van der Waals surface area contributed by atoms with Gasteiger partial charge >= 0.3 is 0 Å². The van der Waals surface area contributed by atoms with Crippen molar-refractivity contribution in [2.75, 3.05) is 0 Å². The first-order valence-electron chi connectivity index (χ1n) is 6.90. The second-order valence-corrected chi connectivity index (χ2v) is 5.10. The van der Waals surface area contributed by atoms with Crippen LogP contribution in [-0.4, -0.2) is 22.8 Å². The van der Waals surface area contributed by atoms with Crippen molar-refractivity contribution < 1.29 is 9.59 Å². The summed E-state index contributed by atoms with van der Waals surface area (Å²) in [4.78, 5) is 23.3. The van der Waals surface area contributed by atoms with Crippen LogP contribution in [0.15, 0.2) is 24.3 Å². The third-order valence-electron chi connectivity index (χ3n) is 3.72. The highest BCUT2D eigenvalue weighted by Gasteiger charge is 2.15. The van der Waals surface area contributed by atoms with E-state index in [4.69, 9.17) is 0 Å². The molecule has 0 spiro atoms. The fourth-order valence-corrected chi connectivity index (χ4v) is 2.38. The van der Waals surface area contributed by atoms with Crippen molar-refractivity contribution in [2.45, 2.75) is 39.8 Å². The van der Waals surface area contributed by atoms with Crippen molar-refractivity contribution in [1.29, 1.82) is 0 Å². The minimum atomic E-state index is -0.0272. The highest BCUT2D eigenvalue weighted by atomic mass is 16.2. The molecule has 1 amide bonds. The maximum absolute atomic E-state index is 12.1. The number of aldehydes is 1. The summed E-state index contributed by atoms with van der Waals surface area (Å²) < 4.78 is 1.90. The lowest BCUT2D eigenvalue weighted by molar-refractivity contribution is -0.122. The lowest BCUT2D eigenvalue weighted by Crippen LogP contribution is -2.34. The van der Waals surface area contributed by atoms with Gasteiger partial charge in [-0.2, -0.15) is 0 Å². The number of carbonyl (C=O) groups excluding carboxylic acids is 2. The van der Waals surface area contributed by atoms with E-state index in [1.807, 2.05) is 49.6 Å². The Kier molecular flexibility index (Phi) is 4.23. The van der Waals surface area contributed by atoms with E-state index in [1.54, 1.807) is 0 Å². The Balaban J connectivity index is 2.37. The van der Waals surface area contributed by atoms with Gasteiger partial charge in [-0.05, 0) is 26.3 Å². The normalized spacial score (nSPS) is 12.3. The van der Waals surface area contributed by atoms with Crippen LogP contribution in [0.5, 0.6) is 0 Å². The van der Waals surface area contributed by atoms with Crippen LogP contribution >= 0.6 is 0 Å². The highest BCUT2D eigenvalue weighted by Crippen LogP contribution is 2.24. The number of hydrogen-bond acceptors (Lipinski definition) is 2. The Labute approximate surface area is 118 Å². The first kappa shape index (κ1) is 14.3. The van der Waals surface area contributed by atoms with Crippen LogP contribution < -0.4 is 5.32 Å². The molecule has 1 heterocycles. The van der Waals surface area contributed by atoms with E-state index in [-0.39, 0.29) is 18.5 Å². The van der Waals surface area contributed by atoms with Gasteiger partial charge in [-0.15, -0.1) is 0 Å². The smallest absolute Gasteiger partial charge is 0.240 e. The number of nitrogens with zero attached hydrogens (tertiary/aromatic N) is 1. The molecule has 20 heavy (non-hydrogen) atoms. The number of fused-ring (bicyclic) bond motifs is 1. The van der Waals surface area contributed by atoms with Crippen LogP contribution in [0.4, 0.5) is 0 Å². The molecule has 0 aliphatic carbocycles. The van der Waals surface area contributed by atoms with Gasteiger partial charge < -0.3 is 9.88 Å². The third-order valence-corrected chi connectivity index (χ3v) is 3.72. The number of nitrogens with one attached hydrogen (secondary N) is 1. The number of carbonyl (C=O) groups is 2. The lowest BCUT2D eigenvalue weighted by atomic mass is 10.1. The van der Waals surface area contributed by atoms with E-state index in [0.29, 0.717) is 5.56 Å². The van der Waals surface area contributed by atoms with E-state index < -0.39 is 0 Å². The average molecular weight is 272 g/mol. The van der Waals surface area contributed by atoms with Gasteiger partial charge in [-0.3, -0.25) is 9.59 Å². The molecule has 0 aliphatic rings. The number of benzene rings is 1. The lowest BCUT2D eigenvalue weighted by Gasteiger charge is -2.13. The SMILES string of the molecule is CC[C@@H](C)NC(=O)Cn1c(C)c(C=O)c2ccccc21. The molecule has 4 heteroatoms. The predicted octanol–water partition coefficient (Wildman–Crippen LogP) is 2.68. The van der Waals surface area contributed by atoms with Crippen LogP contribution in [0, 0.1) is 6.92 Å². The fourth-order valence-electron chi connectivity index (χ4n) is 2.38. The molecule has 0 saturated carbocycles. The van der Waals surface area contributed by atoms with Crippen LogP contribution in [0.1, 0.15) is 36.3 Å². The zero-order chi connectivity index (χ0) is 14.7. The Morgan fingerprint density at radius 3 is 2.75 bits per heavy atom. The molecule has 0 radical (unpaired) electrons. The molecule has 2 aromatic rings. The summed E-state index contributed by atoms with van der Waals surface area (Å²) in [5.74, 6) is -0.0272. The number of rotatable bonds is 5. The minimum absolute atomic E-state index is 0.0272. The molecule has 1 atom stereocenters. The van der Waals surface area contributed by atoms with Gasteiger partial charge in [0, 0.05) is 28.2 Å². The maximum Gasteiger partial charge on any atom is 0.240 e. The van der Waals surface area contributed by atoms with Crippen LogP contribution in [0.25, 0.3) is 10.9 Å². The van der Waals surface area contributed by atoms with Crippen molar-refractivity contribution >= 4 is 23.1 Å². The van der Waals surface area contributed by atoms with Gasteiger partial charge in [0.15, 0.2) is 6.29 Å². The molecule has 0 fully saturated rings. The van der Waals surface area contributed by atoms with Gasteiger partial charge in [0.1, 0.15) is 6.54 Å². The molecule has 2 rings (SSSR count). The van der Waals surface area contributed by atoms with Crippen molar-refractivity contribution in [1.82, 2.24) is 9.88 Å². The van der Waals surface area contributed by atoms with Crippen LogP contribution in [-0.2, 0) is 11.3 Å². The largest absolute Gasteiger partial charge is 0.352 e. The summed E-state index contributed by atoms with van der Waals surface area (Å²) in [6.07, 6.45) is 1.76. The Hall–Kier alpha value is -2.10. The topological polar surface area (TPSA) is 51.1 Å². The quantitative estimate of drug-likeness (QED) is 0.851. The molecule has 1 N–H and O–H groups in total. The first-order chi connectivity index (χ1) is 9.58. The van der Waals surface area contributed by atoms with Crippen LogP contribution in [0.2, 0.25) is 0 Å². The molecule has 0 aliphatic heterocycles. The number of para-hydroxylation sites is 1. The third kappa shape index (κ3) is 2.59.